The van der Waals surface area contributed by atoms with Gasteiger partial charge in [-0.3, -0.25) is 4.79 Å². The van der Waals surface area contributed by atoms with Crippen molar-refractivity contribution in [3.8, 4) is 0 Å². The average Bonchev–Trinajstić information content (AvgIpc) is 3.04. The van der Waals surface area contributed by atoms with Crippen molar-refractivity contribution >= 4 is 22.9 Å². The fourth-order valence-corrected chi connectivity index (χ4v) is 3.82. The monoisotopic (exact) mass is 329 g/mol. The summed E-state index contributed by atoms with van der Waals surface area (Å²) in [6, 6.07) is 8.65. The molecule has 0 saturated heterocycles. The normalized spacial score (nSPS) is 17.7. The molecule has 0 spiro atoms. The predicted molar refractivity (Wildman–Crippen MR) is 94.8 cm³/mol. The van der Waals surface area contributed by atoms with Gasteiger partial charge < -0.3 is 9.80 Å². The van der Waals surface area contributed by atoms with Crippen LogP contribution in [-0.2, 0) is 17.8 Å². The summed E-state index contributed by atoms with van der Waals surface area (Å²) in [4.78, 5) is 21.4. The number of carbonyl (C=O) groups is 1. The Morgan fingerprint density at radius 1 is 1.39 bits per heavy atom. The van der Waals surface area contributed by atoms with Crippen molar-refractivity contribution in [1.82, 2.24) is 9.88 Å². The Kier molecular flexibility index (Phi) is 4.96. The molecule has 2 heterocycles. The van der Waals surface area contributed by atoms with Crippen LogP contribution in [0.1, 0.15) is 31.0 Å². The first-order valence-corrected chi connectivity index (χ1v) is 9.09. The summed E-state index contributed by atoms with van der Waals surface area (Å²) in [5, 5.41) is 2.02. The van der Waals surface area contributed by atoms with Gasteiger partial charge >= 0.3 is 0 Å². The number of thiazole rings is 1. The van der Waals surface area contributed by atoms with Gasteiger partial charge in [0.2, 0.25) is 5.91 Å². The summed E-state index contributed by atoms with van der Waals surface area (Å²) in [5.41, 5.74) is 5.31. The zero-order valence-electron chi connectivity index (χ0n) is 13.7. The first kappa shape index (κ1) is 16.0. The van der Waals surface area contributed by atoms with Crippen molar-refractivity contribution in [1.29, 1.82) is 0 Å². The largest absolute Gasteiger partial charge is 0.372 e. The molecule has 4 nitrogen and oxygen atoms in total. The fraction of sp³-hybridized carbons (Fsp3) is 0.444. The zero-order valence-corrected chi connectivity index (χ0v) is 14.6. The number of aromatic nitrogens is 1. The summed E-state index contributed by atoms with van der Waals surface area (Å²) in [6.45, 7) is 3.75. The Bertz CT molecular complexity index is 656. The van der Waals surface area contributed by atoms with E-state index in [4.69, 9.17) is 0 Å². The summed E-state index contributed by atoms with van der Waals surface area (Å²) in [5.74, 6) is 0.231. The maximum atomic E-state index is 12.8. The van der Waals surface area contributed by atoms with E-state index in [9.17, 15) is 4.79 Å². The summed E-state index contributed by atoms with van der Waals surface area (Å²) in [6.07, 6.45) is 2.24. The van der Waals surface area contributed by atoms with Crippen molar-refractivity contribution in [2.24, 2.45) is 0 Å². The van der Waals surface area contributed by atoms with Crippen LogP contribution in [-0.4, -0.2) is 35.4 Å². The van der Waals surface area contributed by atoms with Gasteiger partial charge in [0, 0.05) is 43.7 Å². The SMILES string of the molecule is CC[C@H]1CN(C)c2ccccc2CN1C(=O)CCc1cscn1. The van der Waals surface area contributed by atoms with Gasteiger partial charge in [0.05, 0.1) is 11.2 Å². The van der Waals surface area contributed by atoms with Crippen LogP contribution in [0.5, 0.6) is 0 Å². The highest BCUT2D eigenvalue weighted by Gasteiger charge is 2.28. The van der Waals surface area contributed by atoms with E-state index in [-0.39, 0.29) is 11.9 Å². The van der Waals surface area contributed by atoms with Crippen molar-refractivity contribution < 1.29 is 4.79 Å². The number of hydrogen-bond donors (Lipinski definition) is 0. The van der Waals surface area contributed by atoms with Crippen molar-refractivity contribution in [3.05, 3.63) is 46.4 Å². The molecule has 0 radical (unpaired) electrons. The molecule has 1 atom stereocenters. The Balaban J connectivity index is 1.77. The molecule has 1 amide bonds. The maximum Gasteiger partial charge on any atom is 0.223 e. The Labute approximate surface area is 141 Å². The molecule has 5 heteroatoms. The summed E-state index contributed by atoms with van der Waals surface area (Å²) >= 11 is 1.58. The number of likely N-dealkylation sites (N-methyl/N-ethyl adjacent to an activating group) is 1. The molecular formula is C18H23N3OS. The van der Waals surface area contributed by atoms with Crippen LogP contribution in [0, 0.1) is 0 Å². The smallest absolute Gasteiger partial charge is 0.223 e. The fourth-order valence-electron chi connectivity index (χ4n) is 3.22. The van der Waals surface area contributed by atoms with Gasteiger partial charge in [-0.05, 0) is 24.5 Å². The maximum absolute atomic E-state index is 12.8. The van der Waals surface area contributed by atoms with E-state index in [1.54, 1.807) is 11.3 Å². The Morgan fingerprint density at radius 3 is 2.96 bits per heavy atom. The van der Waals surface area contributed by atoms with Gasteiger partial charge in [0.15, 0.2) is 0 Å². The lowest BCUT2D eigenvalue weighted by Crippen LogP contribution is -2.43. The van der Waals surface area contributed by atoms with E-state index >= 15 is 0 Å². The second-order valence-corrected chi connectivity index (χ2v) is 6.79. The van der Waals surface area contributed by atoms with E-state index in [0.717, 1.165) is 25.1 Å². The van der Waals surface area contributed by atoms with Crippen LogP contribution in [0.4, 0.5) is 5.69 Å². The number of amides is 1. The number of fused-ring (bicyclic) bond motifs is 1. The number of rotatable bonds is 4. The number of anilines is 1. The van der Waals surface area contributed by atoms with Gasteiger partial charge in [-0.2, -0.15) is 0 Å². The lowest BCUT2D eigenvalue weighted by atomic mass is 10.1. The molecule has 0 aliphatic carbocycles. The molecular weight excluding hydrogens is 306 g/mol. The van der Waals surface area contributed by atoms with Crippen LogP contribution in [0.15, 0.2) is 35.2 Å². The van der Waals surface area contributed by atoms with E-state index in [1.807, 2.05) is 10.9 Å². The molecule has 3 rings (SSSR count). The molecule has 1 aromatic carbocycles. The summed E-state index contributed by atoms with van der Waals surface area (Å²) < 4.78 is 0. The van der Waals surface area contributed by atoms with Crippen LogP contribution < -0.4 is 4.90 Å². The minimum Gasteiger partial charge on any atom is -0.372 e. The predicted octanol–water partition coefficient (Wildman–Crippen LogP) is 3.33. The highest BCUT2D eigenvalue weighted by molar-refractivity contribution is 7.07. The van der Waals surface area contributed by atoms with Gasteiger partial charge in [-0.15, -0.1) is 11.3 Å². The Morgan fingerprint density at radius 2 is 2.22 bits per heavy atom. The lowest BCUT2D eigenvalue weighted by Gasteiger charge is -2.30. The summed E-state index contributed by atoms with van der Waals surface area (Å²) in [7, 11) is 2.12. The number of para-hydroxylation sites is 1. The number of hydrogen-bond acceptors (Lipinski definition) is 4. The molecule has 0 fully saturated rings. The third-order valence-corrected chi connectivity index (χ3v) is 5.17. The molecule has 122 valence electrons. The molecule has 2 aromatic rings. The van der Waals surface area contributed by atoms with Crippen molar-refractivity contribution in [2.45, 2.75) is 38.8 Å². The average molecular weight is 329 g/mol. The zero-order chi connectivity index (χ0) is 16.2. The van der Waals surface area contributed by atoms with Gasteiger partial charge in [-0.25, -0.2) is 4.98 Å². The van der Waals surface area contributed by atoms with Crippen LogP contribution >= 0.6 is 11.3 Å². The van der Waals surface area contributed by atoms with Gasteiger partial charge in [0.25, 0.3) is 0 Å². The topological polar surface area (TPSA) is 36.4 Å². The van der Waals surface area contributed by atoms with Crippen molar-refractivity contribution in [2.75, 3.05) is 18.5 Å². The molecule has 1 aliphatic rings. The highest BCUT2D eigenvalue weighted by atomic mass is 32.1. The molecule has 23 heavy (non-hydrogen) atoms. The van der Waals surface area contributed by atoms with Crippen LogP contribution in [0.2, 0.25) is 0 Å². The van der Waals surface area contributed by atoms with E-state index in [1.165, 1.54) is 11.3 Å². The first-order valence-electron chi connectivity index (χ1n) is 8.14. The molecule has 1 aliphatic heterocycles. The third kappa shape index (κ3) is 3.55. The van der Waals surface area contributed by atoms with E-state index in [0.29, 0.717) is 13.0 Å². The van der Waals surface area contributed by atoms with Gasteiger partial charge in [-0.1, -0.05) is 25.1 Å². The molecule has 0 N–H and O–H groups in total. The molecule has 0 saturated carbocycles. The quantitative estimate of drug-likeness (QED) is 0.863. The number of nitrogens with zero attached hydrogens (tertiary/aromatic N) is 3. The van der Waals surface area contributed by atoms with Crippen LogP contribution in [0.25, 0.3) is 0 Å². The highest BCUT2D eigenvalue weighted by Crippen LogP contribution is 2.27. The number of benzene rings is 1. The lowest BCUT2D eigenvalue weighted by molar-refractivity contribution is -0.134. The minimum atomic E-state index is 0.231. The molecule has 1 aromatic heterocycles. The van der Waals surface area contributed by atoms with Crippen molar-refractivity contribution in [3.63, 3.8) is 0 Å². The number of carbonyl (C=O) groups excluding carboxylic acids is 1. The number of aryl methyl sites for hydroxylation is 1. The van der Waals surface area contributed by atoms with Gasteiger partial charge in [0.1, 0.15) is 0 Å². The standard InChI is InChI=1S/C18H23N3OS/c1-3-16-11-20(2)17-7-5-4-6-14(17)10-21(16)18(22)9-8-15-12-23-13-19-15/h4-7,12-13,16H,3,8-11H2,1-2H3/t16-/m0/s1. The molecule has 0 bridgehead atoms. The third-order valence-electron chi connectivity index (χ3n) is 4.54. The first-order chi connectivity index (χ1) is 11.2. The molecule has 0 unspecified atom stereocenters. The minimum absolute atomic E-state index is 0.231. The van der Waals surface area contributed by atoms with E-state index < -0.39 is 0 Å². The van der Waals surface area contributed by atoms with E-state index in [2.05, 4.69) is 53.0 Å². The second-order valence-electron chi connectivity index (χ2n) is 6.07. The Hall–Kier alpha value is -1.88. The van der Waals surface area contributed by atoms with Crippen LogP contribution in [0.3, 0.4) is 0 Å². The second kappa shape index (κ2) is 7.13.